The van der Waals surface area contributed by atoms with Crippen LogP contribution in [0.3, 0.4) is 0 Å². The quantitative estimate of drug-likeness (QED) is 0.833. The molecule has 0 spiro atoms. The molecule has 1 atom stereocenters. The normalized spacial score (nSPS) is 12.4. The molecule has 1 N–H and O–H groups in total. The van der Waals surface area contributed by atoms with Crippen LogP contribution in [0.15, 0.2) is 53.4 Å². The molecule has 1 unspecified atom stereocenters. The minimum Gasteiger partial charge on any atom is -0.388 e. The second-order valence-corrected chi connectivity index (χ2v) is 5.73. The van der Waals surface area contributed by atoms with E-state index in [9.17, 15) is 5.11 Å². The molecule has 0 aliphatic carbocycles. The molecule has 0 heterocycles. The molecule has 0 fully saturated rings. The monoisotopic (exact) mass is 278 g/mol. The zero-order valence-corrected chi connectivity index (χ0v) is 11.7. The Hall–Kier alpha value is -0.960. The lowest BCUT2D eigenvalue weighted by Gasteiger charge is -2.11. The molecule has 2 rings (SSSR count). The van der Waals surface area contributed by atoms with E-state index in [4.69, 9.17) is 11.6 Å². The van der Waals surface area contributed by atoms with Crippen LogP contribution in [0.1, 0.15) is 17.2 Å². The van der Waals surface area contributed by atoms with Crippen molar-refractivity contribution in [2.24, 2.45) is 0 Å². The summed E-state index contributed by atoms with van der Waals surface area (Å²) in [6.07, 6.45) is -0.450. The second kappa shape index (κ2) is 6.28. The average Bonchev–Trinajstić information content (AvgIpc) is 2.36. The minimum absolute atomic E-state index is 0.450. The molecule has 94 valence electrons. The van der Waals surface area contributed by atoms with Crippen LogP contribution in [-0.4, -0.2) is 10.9 Å². The Bertz CT molecular complexity index is 527. The van der Waals surface area contributed by atoms with E-state index >= 15 is 0 Å². The number of thioether (sulfide) groups is 1. The summed E-state index contributed by atoms with van der Waals surface area (Å²) in [6.45, 7) is 2.03. The maximum absolute atomic E-state index is 10.1. The van der Waals surface area contributed by atoms with Gasteiger partial charge >= 0.3 is 0 Å². The van der Waals surface area contributed by atoms with Crippen molar-refractivity contribution in [1.29, 1.82) is 0 Å². The molecule has 2 aromatic carbocycles. The molecule has 2 aromatic rings. The van der Waals surface area contributed by atoms with Gasteiger partial charge in [-0.1, -0.05) is 47.5 Å². The highest BCUT2D eigenvalue weighted by atomic mass is 35.5. The van der Waals surface area contributed by atoms with Gasteiger partial charge in [-0.05, 0) is 30.7 Å². The summed E-state index contributed by atoms with van der Waals surface area (Å²) in [4.78, 5) is 1.08. The van der Waals surface area contributed by atoms with E-state index < -0.39 is 6.10 Å². The van der Waals surface area contributed by atoms with E-state index in [1.165, 1.54) is 5.56 Å². The van der Waals surface area contributed by atoms with Crippen molar-refractivity contribution in [2.75, 3.05) is 5.75 Å². The van der Waals surface area contributed by atoms with Crippen molar-refractivity contribution in [3.05, 3.63) is 64.7 Å². The smallest absolute Gasteiger partial charge is 0.0884 e. The predicted molar refractivity (Wildman–Crippen MR) is 78.3 cm³/mol. The van der Waals surface area contributed by atoms with E-state index in [2.05, 4.69) is 0 Å². The summed E-state index contributed by atoms with van der Waals surface area (Å²) in [5, 5.41) is 10.8. The first-order valence-corrected chi connectivity index (χ1v) is 7.14. The van der Waals surface area contributed by atoms with Crippen LogP contribution in [0, 0.1) is 6.92 Å². The molecule has 0 aromatic heterocycles. The van der Waals surface area contributed by atoms with Gasteiger partial charge in [-0.3, -0.25) is 0 Å². The lowest BCUT2D eigenvalue weighted by Crippen LogP contribution is -2.00. The third-order valence-corrected chi connectivity index (χ3v) is 3.94. The van der Waals surface area contributed by atoms with Gasteiger partial charge in [-0.25, -0.2) is 0 Å². The summed E-state index contributed by atoms with van der Waals surface area (Å²) < 4.78 is 0. The van der Waals surface area contributed by atoms with Gasteiger partial charge in [-0.2, -0.15) is 0 Å². The maximum Gasteiger partial charge on any atom is 0.0884 e. The average molecular weight is 279 g/mol. The summed E-state index contributed by atoms with van der Waals surface area (Å²) in [5.41, 5.74) is 2.13. The van der Waals surface area contributed by atoms with E-state index in [-0.39, 0.29) is 0 Å². The van der Waals surface area contributed by atoms with Gasteiger partial charge in [0.25, 0.3) is 0 Å². The molecule has 0 aliphatic heterocycles. The van der Waals surface area contributed by atoms with Gasteiger partial charge in [-0.15, -0.1) is 11.8 Å². The third-order valence-electron chi connectivity index (χ3n) is 2.63. The van der Waals surface area contributed by atoms with Gasteiger partial charge in [0.15, 0.2) is 0 Å². The van der Waals surface area contributed by atoms with Crippen LogP contribution >= 0.6 is 23.4 Å². The van der Waals surface area contributed by atoms with Crippen LogP contribution in [0.25, 0.3) is 0 Å². The lowest BCUT2D eigenvalue weighted by molar-refractivity contribution is 0.204. The SMILES string of the molecule is Cc1cccc(C(O)CSc2cccc(Cl)c2)c1. The molecule has 0 saturated heterocycles. The summed E-state index contributed by atoms with van der Waals surface area (Å²) in [5.74, 6) is 0.629. The van der Waals surface area contributed by atoms with Crippen molar-refractivity contribution in [1.82, 2.24) is 0 Å². The Morgan fingerprint density at radius 2 is 1.94 bits per heavy atom. The summed E-state index contributed by atoms with van der Waals surface area (Å²) in [7, 11) is 0. The highest BCUT2D eigenvalue weighted by molar-refractivity contribution is 7.99. The molecule has 1 nitrogen and oxygen atoms in total. The number of hydrogen-bond acceptors (Lipinski definition) is 2. The van der Waals surface area contributed by atoms with Crippen LogP contribution < -0.4 is 0 Å². The highest BCUT2D eigenvalue weighted by Gasteiger charge is 2.08. The van der Waals surface area contributed by atoms with Crippen LogP contribution in [0.4, 0.5) is 0 Å². The Balaban J connectivity index is 1.98. The van der Waals surface area contributed by atoms with Gasteiger partial charge in [0.05, 0.1) is 6.10 Å². The first-order chi connectivity index (χ1) is 8.65. The van der Waals surface area contributed by atoms with Crippen LogP contribution in [0.2, 0.25) is 5.02 Å². The zero-order chi connectivity index (χ0) is 13.0. The fourth-order valence-corrected chi connectivity index (χ4v) is 2.89. The van der Waals surface area contributed by atoms with Gasteiger partial charge in [0, 0.05) is 15.7 Å². The first kappa shape index (κ1) is 13.5. The number of benzene rings is 2. The Kier molecular flexibility index (Phi) is 4.70. The van der Waals surface area contributed by atoms with E-state index in [0.29, 0.717) is 5.75 Å². The molecule has 3 heteroatoms. The largest absolute Gasteiger partial charge is 0.388 e. The molecule has 0 saturated carbocycles. The van der Waals surface area contributed by atoms with Crippen molar-refractivity contribution < 1.29 is 5.11 Å². The minimum atomic E-state index is -0.450. The van der Waals surface area contributed by atoms with Crippen molar-refractivity contribution in [3.63, 3.8) is 0 Å². The molecular formula is C15H15ClOS. The first-order valence-electron chi connectivity index (χ1n) is 5.78. The molecule has 0 bridgehead atoms. The fraction of sp³-hybridized carbons (Fsp3) is 0.200. The maximum atomic E-state index is 10.1. The van der Waals surface area contributed by atoms with Gasteiger partial charge in [0.2, 0.25) is 0 Å². The molecule has 0 radical (unpaired) electrons. The number of aliphatic hydroxyl groups excluding tert-OH is 1. The second-order valence-electron chi connectivity index (χ2n) is 4.20. The molecule has 0 aliphatic rings. The van der Waals surface area contributed by atoms with Gasteiger partial charge < -0.3 is 5.11 Å². The highest BCUT2D eigenvalue weighted by Crippen LogP contribution is 2.26. The molecular weight excluding hydrogens is 264 g/mol. The topological polar surface area (TPSA) is 20.2 Å². The standard InChI is InChI=1S/C15H15ClOS/c1-11-4-2-5-12(8-11)15(17)10-18-14-7-3-6-13(16)9-14/h2-9,15,17H,10H2,1H3. The predicted octanol–water partition coefficient (Wildman–Crippen LogP) is 4.47. The number of rotatable bonds is 4. The van der Waals surface area contributed by atoms with E-state index in [1.54, 1.807) is 11.8 Å². The number of aryl methyl sites for hydroxylation is 1. The van der Waals surface area contributed by atoms with Crippen molar-refractivity contribution in [3.8, 4) is 0 Å². The Morgan fingerprint density at radius 3 is 2.67 bits per heavy atom. The van der Waals surface area contributed by atoms with E-state index in [0.717, 1.165) is 15.5 Å². The molecule has 18 heavy (non-hydrogen) atoms. The van der Waals surface area contributed by atoms with Crippen LogP contribution in [0.5, 0.6) is 0 Å². The lowest BCUT2D eigenvalue weighted by atomic mass is 10.1. The third kappa shape index (κ3) is 3.77. The van der Waals surface area contributed by atoms with Crippen molar-refractivity contribution in [2.45, 2.75) is 17.9 Å². The molecule has 0 amide bonds. The summed E-state index contributed by atoms with van der Waals surface area (Å²) in [6, 6.07) is 15.7. The number of aliphatic hydroxyl groups is 1. The van der Waals surface area contributed by atoms with Crippen LogP contribution in [-0.2, 0) is 0 Å². The van der Waals surface area contributed by atoms with E-state index in [1.807, 2.05) is 55.5 Å². The Morgan fingerprint density at radius 1 is 1.17 bits per heavy atom. The Labute approximate surface area is 117 Å². The number of halogens is 1. The zero-order valence-electron chi connectivity index (χ0n) is 10.1. The fourth-order valence-electron chi connectivity index (χ4n) is 1.71. The van der Waals surface area contributed by atoms with Crippen molar-refractivity contribution >= 4 is 23.4 Å². The summed E-state index contributed by atoms with van der Waals surface area (Å²) >= 11 is 7.53. The number of hydrogen-bond donors (Lipinski definition) is 1. The van der Waals surface area contributed by atoms with Gasteiger partial charge in [0.1, 0.15) is 0 Å².